The van der Waals surface area contributed by atoms with Gasteiger partial charge in [0, 0.05) is 5.02 Å². The van der Waals surface area contributed by atoms with Gasteiger partial charge in [-0.2, -0.15) is 0 Å². The summed E-state index contributed by atoms with van der Waals surface area (Å²) in [6, 6.07) is 7.35. The number of halogens is 1. The van der Waals surface area contributed by atoms with E-state index >= 15 is 0 Å². The molecule has 104 valence electrons. The maximum atomic E-state index is 12.3. The van der Waals surface area contributed by atoms with Crippen molar-refractivity contribution in [3.8, 4) is 0 Å². The van der Waals surface area contributed by atoms with Gasteiger partial charge >= 0.3 is 5.97 Å². The molecule has 2 rings (SSSR count). The number of rotatable bonds is 6. The summed E-state index contributed by atoms with van der Waals surface area (Å²) in [4.78, 5) is 12.3. The normalized spacial score (nSPS) is 17.8. The predicted molar refractivity (Wildman–Crippen MR) is 76.2 cm³/mol. The molecule has 1 aliphatic rings. The molecule has 1 aromatic carbocycles. The fourth-order valence-electron chi connectivity index (χ4n) is 2.02. The van der Waals surface area contributed by atoms with Gasteiger partial charge in [-0.25, -0.2) is 4.79 Å². The summed E-state index contributed by atoms with van der Waals surface area (Å²) in [7, 11) is 0. The van der Waals surface area contributed by atoms with Gasteiger partial charge in [-0.15, -0.1) is 0 Å². The van der Waals surface area contributed by atoms with Crippen LogP contribution < -0.4 is 5.32 Å². The smallest absolute Gasteiger partial charge is 0.330 e. The molecule has 0 spiro atoms. The van der Waals surface area contributed by atoms with E-state index in [2.05, 4.69) is 5.32 Å². The molecule has 0 radical (unpaired) electrons. The third-order valence-electron chi connectivity index (χ3n) is 3.55. The van der Waals surface area contributed by atoms with Crippen LogP contribution in [0.4, 0.5) is 0 Å². The van der Waals surface area contributed by atoms with Crippen molar-refractivity contribution in [1.82, 2.24) is 5.32 Å². The third kappa shape index (κ3) is 3.48. The molecule has 1 unspecified atom stereocenters. The Kier molecular flexibility index (Phi) is 4.48. The molecule has 1 saturated carbocycles. The summed E-state index contributed by atoms with van der Waals surface area (Å²) in [5, 5.41) is 4.02. The zero-order valence-electron chi connectivity index (χ0n) is 11.4. The Morgan fingerprint density at radius 2 is 2.05 bits per heavy atom. The molecular formula is C15H20ClNO2. The summed E-state index contributed by atoms with van der Waals surface area (Å²) in [5.74, 6) is 0.457. The molecule has 0 heterocycles. The monoisotopic (exact) mass is 281 g/mol. The molecule has 0 saturated heterocycles. The minimum atomic E-state index is -0.802. The number of esters is 1. The van der Waals surface area contributed by atoms with E-state index in [1.807, 2.05) is 26.0 Å². The van der Waals surface area contributed by atoms with Crippen molar-refractivity contribution < 1.29 is 9.53 Å². The van der Waals surface area contributed by atoms with Gasteiger partial charge < -0.3 is 4.74 Å². The summed E-state index contributed by atoms with van der Waals surface area (Å²) < 4.78 is 5.21. The standard InChI is InChI=1S/C15H20ClNO2/c1-3-19-14(18)15(2,17-10-11-4-5-11)12-6-8-13(16)9-7-12/h6-9,11,17H,3-5,10H2,1-2H3. The predicted octanol–water partition coefficient (Wildman–Crippen LogP) is 3.12. The van der Waals surface area contributed by atoms with Crippen LogP contribution in [0.1, 0.15) is 32.3 Å². The van der Waals surface area contributed by atoms with Crippen molar-refractivity contribution in [1.29, 1.82) is 0 Å². The Hall–Kier alpha value is -1.06. The van der Waals surface area contributed by atoms with E-state index in [1.165, 1.54) is 12.8 Å². The minimum absolute atomic E-state index is 0.238. The molecule has 3 nitrogen and oxygen atoms in total. The quantitative estimate of drug-likeness (QED) is 0.814. The molecule has 1 fully saturated rings. The maximum absolute atomic E-state index is 12.3. The molecule has 0 aliphatic heterocycles. The number of hydrogen-bond donors (Lipinski definition) is 1. The lowest BCUT2D eigenvalue weighted by molar-refractivity contribution is -0.151. The van der Waals surface area contributed by atoms with E-state index in [-0.39, 0.29) is 5.97 Å². The van der Waals surface area contributed by atoms with Gasteiger partial charge in [0.15, 0.2) is 0 Å². The Morgan fingerprint density at radius 3 is 2.58 bits per heavy atom. The Morgan fingerprint density at radius 1 is 1.42 bits per heavy atom. The van der Waals surface area contributed by atoms with Crippen LogP contribution >= 0.6 is 11.6 Å². The second-order valence-corrected chi connectivity index (χ2v) is 5.61. The minimum Gasteiger partial charge on any atom is -0.464 e. The molecule has 0 aromatic heterocycles. The van der Waals surface area contributed by atoms with Gasteiger partial charge in [-0.05, 0) is 56.8 Å². The van der Waals surface area contributed by atoms with E-state index in [9.17, 15) is 4.79 Å². The molecule has 0 bridgehead atoms. The second-order valence-electron chi connectivity index (χ2n) is 5.18. The maximum Gasteiger partial charge on any atom is 0.330 e. The summed E-state index contributed by atoms with van der Waals surface area (Å²) in [5.41, 5.74) is 0.0828. The average molecular weight is 282 g/mol. The van der Waals surface area contributed by atoms with Gasteiger partial charge in [0.1, 0.15) is 5.54 Å². The van der Waals surface area contributed by atoms with Crippen molar-refractivity contribution in [3.05, 3.63) is 34.9 Å². The van der Waals surface area contributed by atoms with Gasteiger partial charge in [0.2, 0.25) is 0 Å². The van der Waals surface area contributed by atoms with Crippen LogP contribution in [0.2, 0.25) is 5.02 Å². The first-order valence-corrected chi connectivity index (χ1v) is 7.12. The Balaban J connectivity index is 2.20. The van der Waals surface area contributed by atoms with Crippen molar-refractivity contribution in [3.63, 3.8) is 0 Å². The number of nitrogens with one attached hydrogen (secondary N) is 1. The number of ether oxygens (including phenoxy) is 1. The van der Waals surface area contributed by atoms with Crippen LogP contribution in [0.5, 0.6) is 0 Å². The van der Waals surface area contributed by atoms with E-state index in [0.29, 0.717) is 17.5 Å². The molecule has 4 heteroatoms. The molecule has 1 N–H and O–H groups in total. The molecule has 1 atom stereocenters. The molecular weight excluding hydrogens is 262 g/mol. The van der Waals surface area contributed by atoms with Crippen LogP contribution in [0.3, 0.4) is 0 Å². The summed E-state index contributed by atoms with van der Waals surface area (Å²) in [6.45, 7) is 4.92. The number of benzene rings is 1. The number of carbonyl (C=O) groups is 1. The summed E-state index contributed by atoms with van der Waals surface area (Å²) in [6.07, 6.45) is 2.49. The van der Waals surface area contributed by atoms with Crippen molar-refractivity contribution in [2.75, 3.05) is 13.2 Å². The number of hydrogen-bond acceptors (Lipinski definition) is 3. The zero-order chi connectivity index (χ0) is 13.9. The first-order valence-electron chi connectivity index (χ1n) is 6.74. The van der Waals surface area contributed by atoms with Crippen LogP contribution in [0, 0.1) is 5.92 Å². The van der Waals surface area contributed by atoms with E-state index in [1.54, 1.807) is 12.1 Å². The van der Waals surface area contributed by atoms with Gasteiger partial charge in [0.25, 0.3) is 0 Å². The second kappa shape index (κ2) is 5.93. The summed E-state index contributed by atoms with van der Waals surface area (Å²) >= 11 is 5.90. The third-order valence-corrected chi connectivity index (χ3v) is 3.80. The topological polar surface area (TPSA) is 38.3 Å². The van der Waals surface area contributed by atoms with E-state index < -0.39 is 5.54 Å². The van der Waals surface area contributed by atoms with Crippen LogP contribution in [-0.4, -0.2) is 19.1 Å². The van der Waals surface area contributed by atoms with Gasteiger partial charge in [-0.3, -0.25) is 5.32 Å². The molecule has 1 aromatic rings. The SMILES string of the molecule is CCOC(=O)C(C)(NCC1CC1)c1ccc(Cl)cc1. The zero-order valence-corrected chi connectivity index (χ0v) is 12.2. The highest BCUT2D eigenvalue weighted by molar-refractivity contribution is 6.30. The van der Waals surface area contributed by atoms with Crippen molar-refractivity contribution >= 4 is 17.6 Å². The average Bonchev–Trinajstić information content (AvgIpc) is 3.21. The fourth-order valence-corrected chi connectivity index (χ4v) is 2.15. The first-order chi connectivity index (χ1) is 9.06. The lowest BCUT2D eigenvalue weighted by atomic mass is 9.91. The fraction of sp³-hybridized carbons (Fsp3) is 0.533. The highest BCUT2D eigenvalue weighted by atomic mass is 35.5. The lowest BCUT2D eigenvalue weighted by Crippen LogP contribution is -2.48. The van der Waals surface area contributed by atoms with Crippen LogP contribution in [-0.2, 0) is 15.1 Å². The highest BCUT2D eigenvalue weighted by Crippen LogP contribution is 2.30. The molecule has 19 heavy (non-hydrogen) atoms. The van der Waals surface area contributed by atoms with Gasteiger partial charge in [-0.1, -0.05) is 23.7 Å². The van der Waals surface area contributed by atoms with E-state index in [4.69, 9.17) is 16.3 Å². The molecule has 1 aliphatic carbocycles. The first kappa shape index (κ1) is 14.4. The largest absolute Gasteiger partial charge is 0.464 e. The van der Waals surface area contributed by atoms with Crippen LogP contribution in [0.25, 0.3) is 0 Å². The molecule has 0 amide bonds. The van der Waals surface area contributed by atoms with Crippen molar-refractivity contribution in [2.45, 2.75) is 32.2 Å². The van der Waals surface area contributed by atoms with E-state index in [0.717, 1.165) is 12.1 Å². The number of carbonyl (C=O) groups excluding carboxylic acids is 1. The Labute approximate surface area is 119 Å². The Bertz CT molecular complexity index is 442. The van der Waals surface area contributed by atoms with Crippen molar-refractivity contribution in [2.24, 2.45) is 5.92 Å². The van der Waals surface area contributed by atoms with Crippen LogP contribution in [0.15, 0.2) is 24.3 Å². The van der Waals surface area contributed by atoms with Gasteiger partial charge in [0.05, 0.1) is 6.61 Å². The lowest BCUT2D eigenvalue weighted by Gasteiger charge is -2.29. The highest BCUT2D eigenvalue weighted by Gasteiger charge is 2.37.